The van der Waals surface area contributed by atoms with E-state index in [4.69, 9.17) is 11.6 Å². The Morgan fingerprint density at radius 3 is 3.00 bits per heavy atom. The Bertz CT molecular complexity index is 464. The van der Waals surface area contributed by atoms with Crippen LogP contribution in [0.1, 0.15) is 30.1 Å². The van der Waals surface area contributed by atoms with Crippen LogP contribution in [0, 0.1) is 0 Å². The first-order valence-corrected chi connectivity index (χ1v) is 7.69. The van der Waals surface area contributed by atoms with Crippen LogP contribution >= 0.6 is 11.6 Å². The van der Waals surface area contributed by atoms with Crippen LogP contribution in [0.5, 0.6) is 0 Å². The number of halogens is 1. The quantitative estimate of drug-likeness (QED) is 0.754. The third-order valence-corrected chi connectivity index (χ3v) is 4.22. The van der Waals surface area contributed by atoms with Crippen molar-refractivity contribution in [3.05, 3.63) is 34.9 Å². The molecule has 1 aliphatic rings. The zero-order valence-corrected chi connectivity index (χ0v) is 13.1. The molecule has 0 radical (unpaired) electrons. The second-order valence-corrected chi connectivity index (χ2v) is 5.99. The van der Waals surface area contributed by atoms with Crippen molar-refractivity contribution >= 4 is 17.4 Å². The molecule has 4 heteroatoms. The van der Waals surface area contributed by atoms with E-state index in [0.29, 0.717) is 23.2 Å². The van der Waals surface area contributed by atoms with Crippen LogP contribution in [0.2, 0.25) is 5.02 Å². The molecule has 0 N–H and O–H groups in total. The van der Waals surface area contributed by atoms with Crippen LogP contribution in [0.4, 0.5) is 0 Å². The number of ketones is 1. The van der Waals surface area contributed by atoms with Crippen LogP contribution in [0.3, 0.4) is 0 Å². The van der Waals surface area contributed by atoms with Gasteiger partial charge in [-0.25, -0.2) is 0 Å². The molecular formula is C16H23ClN2O. The summed E-state index contributed by atoms with van der Waals surface area (Å²) in [7, 11) is 2.02. The van der Waals surface area contributed by atoms with Gasteiger partial charge >= 0.3 is 0 Å². The van der Waals surface area contributed by atoms with E-state index in [9.17, 15) is 4.79 Å². The summed E-state index contributed by atoms with van der Waals surface area (Å²) in [5, 5.41) is 0.617. The number of likely N-dealkylation sites (tertiary alicyclic amines) is 1. The lowest BCUT2D eigenvalue weighted by Crippen LogP contribution is -2.40. The maximum absolute atomic E-state index is 12.2. The Balaban J connectivity index is 1.88. The van der Waals surface area contributed by atoms with Crippen molar-refractivity contribution in [2.45, 2.75) is 25.8 Å². The van der Waals surface area contributed by atoms with E-state index < -0.39 is 0 Å². The van der Waals surface area contributed by atoms with Crippen LogP contribution in [0.25, 0.3) is 0 Å². The van der Waals surface area contributed by atoms with Gasteiger partial charge in [0.15, 0.2) is 5.78 Å². The third-order valence-electron chi connectivity index (χ3n) is 3.99. The first kappa shape index (κ1) is 15.5. The normalized spacial score (nSPS) is 19.7. The average molecular weight is 295 g/mol. The van der Waals surface area contributed by atoms with E-state index in [1.807, 2.05) is 19.2 Å². The Labute approximate surface area is 126 Å². The molecule has 1 unspecified atom stereocenters. The van der Waals surface area contributed by atoms with E-state index in [1.54, 1.807) is 12.1 Å². The lowest BCUT2D eigenvalue weighted by atomic mass is 10.1. The topological polar surface area (TPSA) is 23.6 Å². The molecule has 3 nitrogen and oxygen atoms in total. The smallest absolute Gasteiger partial charge is 0.176 e. The van der Waals surface area contributed by atoms with Gasteiger partial charge in [-0.05, 0) is 45.1 Å². The molecule has 1 saturated heterocycles. The summed E-state index contributed by atoms with van der Waals surface area (Å²) in [6.45, 7) is 5.90. The Morgan fingerprint density at radius 2 is 2.30 bits per heavy atom. The third kappa shape index (κ3) is 4.05. The molecule has 1 aliphatic heterocycles. The minimum atomic E-state index is 0.135. The second kappa shape index (κ2) is 7.21. The van der Waals surface area contributed by atoms with Gasteiger partial charge in [0.1, 0.15) is 0 Å². The van der Waals surface area contributed by atoms with Gasteiger partial charge in [-0.3, -0.25) is 14.6 Å². The van der Waals surface area contributed by atoms with Crippen molar-refractivity contribution in [2.75, 3.05) is 33.2 Å². The van der Waals surface area contributed by atoms with Crippen LogP contribution in [-0.4, -0.2) is 54.9 Å². The molecule has 1 heterocycles. The highest BCUT2D eigenvalue weighted by molar-refractivity contribution is 6.31. The molecule has 0 aromatic heterocycles. The first-order chi connectivity index (χ1) is 9.60. The molecule has 20 heavy (non-hydrogen) atoms. The number of hydrogen-bond acceptors (Lipinski definition) is 3. The van der Waals surface area contributed by atoms with E-state index in [-0.39, 0.29) is 5.78 Å². The number of carbonyl (C=O) groups excluding carboxylic acids is 1. The summed E-state index contributed by atoms with van der Waals surface area (Å²) >= 11 is 5.93. The van der Waals surface area contributed by atoms with Crippen LogP contribution < -0.4 is 0 Å². The highest BCUT2D eigenvalue weighted by atomic mass is 35.5. The molecule has 1 atom stereocenters. The number of rotatable bonds is 6. The fraction of sp³-hybridized carbons (Fsp3) is 0.562. The summed E-state index contributed by atoms with van der Waals surface area (Å²) < 4.78 is 0. The van der Waals surface area contributed by atoms with Gasteiger partial charge in [0.25, 0.3) is 0 Å². The summed E-state index contributed by atoms with van der Waals surface area (Å²) in [6.07, 6.45) is 2.51. The number of likely N-dealkylation sites (N-methyl/N-ethyl adjacent to an activating group) is 2. The summed E-state index contributed by atoms with van der Waals surface area (Å²) in [6, 6.07) is 7.78. The number of benzene rings is 1. The maximum atomic E-state index is 12.2. The molecular weight excluding hydrogens is 272 g/mol. The van der Waals surface area contributed by atoms with Crippen LogP contribution in [0.15, 0.2) is 24.3 Å². The van der Waals surface area contributed by atoms with Crippen molar-refractivity contribution in [3.8, 4) is 0 Å². The summed E-state index contributed by atoms with van der Waals surface area (Å²) in [5.41, 5.74) is 0.697. The van der Waals surface area contributed by atoms with Gasteiger partial charge in [-0.1, -0.05) is 30.7 Å². The molecule has 1 aromatic rings. The lowest BCUT2D eigenvalue weighted by Gasteiger charge is -2.27. The number of carbonyl (C=O) groups is 1. The highest BCUT2D eigenvalue weighted by Gasteiger charge is 2.24. The predicted molar refractivity (Wildman–Crippen MR) is 83.5 cm³/mol. The second-order valence-electron chi connectivity index (χ2n) is 5.55. The molecule has 1 fully saturated rings. The zero-order valence-electron chi connectivity index (χ0n) is 12.3. The Morgan fingerprint density at radius 1 is 1.50 bits per heavy atom. The number of nitrogens with zero attached hydrogens (tertiary/aromatic N) is 2. The number of hydrogen-bond donors (Lipinski definition) is 0. The molecule has 0 saturated carbocycles. The van der Waals surface area contributed by atoms with Gasteiger partial charge in [0.2, 0.25) is 0 Å². The highest BCUT2D eigenvalue weighted by Crippen LogP contribution is 2.17. The standard InChI is InChI=1S/C16H23ClN2O/c1-3-19-9-5-8-15(19)11-18(2)12-16(20)13-6-4-7-14(17)10-13/h4,6-7,10,15H,3,5,8-9,11-12H2,1-2H3. The van der Waals surface area contributed by atoms with Gasteiger partial charge in [0, 0.05) is 23.2 Å². The Kier molecular flexibility index (Phi) is 5.58. The Hall–Kier alpha value is -0.900. The van der Waals surface area contributed by atoms with Crippen molar-refractivity contribution in [2.24, 2.45) is 0 Å². The number of Topliss-reactive ketones (excluding diaryl/α,β-unsaturated/α-hetero) is 1. The molecule has 1 aromatic carbocycles. The van der Waals surface area contributed by atoms with Crippen LogP contribution in [-0.2, 0) is 0 Å². The molecule has 0 spiro atoms. The van der Waals surface area contributed by atoms with Gasteiger partial charge < -0.3 is 0 Å². The monoisotopic (exact) mass is 294 g/mol. The van der Waals surface area contributed by atoms with E-state index in [2.05, 4.69) is 16.7 Å². The van der Waals surface area contributed by atoms with Crippen molar-refractivity contribution in [1.82, 2.24) is 9.80 Å². The fourth-order valence-electron chi connectivity index (χ4n) is 2.94. The minimum Gasteiger partial charge on any atom is -0.299 e. The first-order valence-electron chi connectivity index (χ1n) is 7.31. The summed E-state index contributed by atoms with van der Waals surface area (Å²) in [5.74, 6) is 0.135. The predicted octanol–water partition coefficient (Wildman–Crippen LogP) is 2.94. The SMILES string of the molecule is CCN1CCCC1CN(C)CC(=O)c1cccc(Cl)c1. The fourth-order valence-corrected chi connectivity index (χ4v) is 3.13. The van der Waals surface area contributed by atoms with Crippen molar-refractivity contribution in [3.63, 3.8) is 0 Å². The van der Waals surface area contributed by atoms with Crippen molar-refractivity contribution < 1.29 is 4.79 Å². The maximum Gasteiger partial charge on any atom is 0.176 e. The lowest BCUT2D eigenvalue weighted by molar-refractivity contribution is 0.0929. The van der Waals surface area contributed by atoms with Gasteiger partial charge in [0.05, 0.1) is 6.54 Å². The average Bonchev–Trinajstić information content (AvgIpc) is 2.85. The molecule has 0 bridgehead atoms. The molecule has 0 aliphatic carbocycles. The zero-order chi connectivity index (χ0) is 14.5. The molecule has 2 rings (SSSR count). The van der Waals surface area contributed by atoms with Gasteiger partial charge in [-0.15, -0.1) is 0 Å². The molecule has 0 amide bonds. The minimum absolute atomic E-state index is 0.135. The van der Waals surface area contributed by atoms with E-state index in [0.717, 1.165) is 13.1 Å². The largest absolute Gasteiger partial charge is 0.299 e. The summed E-state index contributed by atoms with van der Waals surface area (Å²) in [4.78, 5) is 16.8. The van der Waals surface area contributed by atoms with Crippen molar-refractivity contribution in [1.29, 1.82) is 0 Å². The van der Waals surface area contributed by atoms with E-state index >= 15 is 0 Å². The molecule has 110 valence electrons. The van der Waals surface area contributed by atoms with Gasteiger partial charge in [-0.2, -0.15) is 0 Å². The van der Waals surface area contributed by atoms with E-state index in [1.165, 1.54) is 19.4 Å².